The van der Waals surface area contributed by atoms with E-state index in [1.807, 2.05) is 4.57 Å². The van der Waals surface area contributed by atoms with Gasteiger partial charge in [-0.1, -0.05) is 27.2 Å². The second-order valence-electron chi connectivity index (χ2n) is 8.58. The zero-order valence-corrected chi connectivity index (χ0v) is 19.0. The van der Waals surface area contributed by atoms with Gasteiger partial charge in [-0.05, 0) is 51.5 Å². The molecule has 1 aliphatic heterocycles. The second-order valence-corrected chi connectivity index (χ2v) is 10.6. The smallest absolute Gasteiger partial charge is 0.227 e. The average molecular weight is 414 g/mol. The maximum Gasteiger partial charge on any atom is 0.227 e. The van der Waals surface area contributed by atoms with Gasteiger partial charge in [-0.2, -0.15) is 0 Å². The van der Waals surface area contributed by atoms with E-state index in [2.05, 4.69) is 37.7 Å². The van der Waals surface area contributed by atoms with Gasteiger partial charge in [-0.3, -0.25) is 4.90 Å². The third-order valence-electron chi connectivity index (χ3n) is 5.33. The van der Waals surface area contributed by atoms with Crippen LogP contribution < -0.4 is 0 Å². The summed E-state index contributed by atoms with van der Waals surface area (Å²) in [6.07, 6.45) is 9.11. The first-order valence-electron chi connectivity index (χ1n) is 10.9. The third-order valence-corrected chi connectivity index (χ3v) is 7.04. The fourth-order valence-electron chi connectivity index (χ4n) is 3.73. The molecular formula is C21H39N3O3S. The van der Waals surface area contributed by atoms with E-state index in [1.165, 1.54) is 6.42 Å². The van der Waals surface area contributed by atoms with Gasteiger partial charge < -0.3 is 9.30 Å². The Morgan fingerprint density at radius 2 is 2.11 bits per heavy atom. The fraction of sp³-hybridized carbons (Fsp3) is 0.857. The summed E-state index contributed by atoms with van der Waals surface area (Å²) in [5.74, 6) is 0.695. The molecule has 162 valence electrons. The van der Waals surface area contributed by atoms with Gasteiger partial charge in [0, 0.05) is 26.2 Å². The summed E-state index contributed by atoms with van der Waals surface area (Å²) in [6.45, 7) is 9.50. The normalized spacial score (nSPS) is 18.3. The Bertz CT molecular complexity index is 679. The number of nitrogens with zero attached hydrogens (tertiary/aromatic N) is 3. The van der Waals surface area contributed by atoms with Crippen LogP contribution in [-0.2, 0) is 27.7 Å². The van der Waals surface area contributed by atoms with E-state index >= 15 is 0 Å². The van der Waals surface area contributed by atoms with Crippen LogP contribution in [0.1, 0.15) is 71.4 Å². The van der Waals surface area contributed by atoms with Crippen LogP contribution in [0.2, 0.25) is 0 Å². The molecule has 1 aromatic heterocycles. The summed E-state index contributed by atoms with van der Waals surface area (Å²) in [7, 11) is -1.28. The highest BCUT2D eigenvalue weighted by Gasteiger charge is 2.24. The lowest BCUT2D eigenvalue weighted by Crippen LogP contribution is -2.33. The van der Waals surface area contributed by atoms with Crippen LogP contribution in [-0.4, -0.2) is 54.9 Å². The van der Waals surface area contributed by atoms with Crippen molar-refractivity contribution in [3.63, 3.8) is 0 Å². The third kappa shape index (κ3) is 7.16. The van der Waals surface area contributed by atoms with E-state index in [0.29, 0.717) is 25.4 Å². The number of imidazole rings is 1. The van der Waals surface area contributed by atoms with Gasteiger partial charge in [0.05, 0.1) is 23.7 Å². The van der Waals surface area contributed by atoms with Crippen LogP contribution in [0.3, 0.4) is 0 Å². The summed E-state index contributed by atoms with van der Waals surface area (Å²) in [5, 5.41) is 0.252. The van der Waals surface area contributed by atoms with E-state index < -0.39 is 9.84 Å². The minimum Gasteiger partial charge on any atom is -0.377 e. The summed E-state index contributed by atoms with van der Waals surface area (Å²) < 4.78 is 33.6. The molecule has 0 spiro atoms. The van der Waals surface area contributed by atoms with Crippen molar-refractivity contribution in [2.45, 2.75) is 90.1 Å². The largest absolute Gasteiger partial charge is 0.377 e. The lowest BCUT2D eigenvalue weighted by molar-refractivity contribution is -0.00291. The Morgan fingerprint density at radius 1 is 1.32 bits per heavy atom. The molecule has 0 radical (unpaired) electrons. The SMILES string of the molecule is CCCCn1c(CN(C)CC2CCCCO2)cnc1S(=O)(=O)CCCC(C)C. The Labute approximate surface area is 171 Å². The average Bonchev–Trinajstić information content (AvgIpc) is 3.03. The first-order valence-corrected chi connectivity index (χ1v) is 12.6. The molecule has 0 aliphatic carbocycles. The van der Waals surface area contributed by atoms with E-state index in [4.69, 9.17) is 4.74 Å². The predicted molar refractivity (Wildman–Crippen MR) is 113 cm³/mol. The number of likely N-dealkylation sites (N-methyl/N-ethyl adjacent to an activating group) is 1. The van der Waals surface area contributed by atoms with Crippen molar-refractivity contribution in [2.75, 3.05) is 26.0 Å². The van der Waals surface area contributed by atoms with Crippen LogP contribution >= 0.6 is 0 Å². The molecule has 2 heterocycles. The van der Waals surface area contributed by atoms with E-state index in [1.54, 1.807) is 6.20 Å². The molecule has 1 atom stereocenters. The molecule has 0 aromatic carbocycles. The predicted octanol–water partition coefficient (Wildman–Crippen LogP) is 3.89. The first-order chi connectivity index (χ1) is 13.3. The Hall–Kier alpha value is -0.920. The van der Waals surface area contributed by atoms with Crippen molar-refractivity contribution < 1.29 is 13.2 Å². The van der Waals surface area contributed by atoms with Crippen molar-refractivity contribution in [3.8, 4) is 0 Å². The maximum atomic E-state index is 12.9. The molecule has 1 saturated heterocycles. The Balaban J connectivity index is 2.08. The van der Waals surface area contributed by atoms with Gasteiger partial charge in [0.2, 0.25) is 15.0 Å². The van der Waals surface area contributed by atoms with Crippen LogP contribution in [0.15, 0.2) is 11.4 Å². The van der Waals surface area contributed by atoms with Crippen molar-refractivity contribution >= 4 is 9.84 Å². The highest BCUT2D eigenvalue weighted by Crippen LogP contribution is 2.19. The van der Waals surface area contributed by atoms with Crippen LogP contribution in [0.25, 0.3) is 0 Å². The van der Waals surface area contributed by atoms with E-state index in [-0.39, 0.29) is 17.0 Å². The molecule has 7 heteroatoms. The number of hydrogen-bond acceptors (Lipinski definition) is 5. The van der Waals surface area contributed by atoms with Crippen molar-refractivity contribution in [1.29, 1.82) is 0 Å². The van der Waals surface area contributed by atoms with Crippen LogP contribution in [0.4, 0.5) is 0 Å². The number of unbranched alkanes of at least 4 members (excludes halogenated alkanes) is 1. The molecule has 0 bridgehead atoms. The number of ether oxygens (including phenoxy) is 1. The quantitative estimate of drug-likeness (QED) is 0.520. The summed E-state index contributed by atoms with van der Waals surface area (Å²) in [6, 6.07) is 0. The molecular weight excluding hydrogens is 374 g/mol. The molecule has 0 amide bonds. The zero-order valence-electron chi connectivity index (χ0n) is 18.2. The van der Waals surface area contributed by atoms with Gasteiger partial charge in [0.1, 0.15) is 0 Å². The highest BCUT2D eigenvalue weighted by atomic mass is 32.2. The second kappa shape index (κ2) is 11.3. The molecule has 6 nitrogen and oxygen atoms in total. The molecule has 1 unspecified atom stereocenters. The molecule has 0 saturated carbocycles. The monoisotopic (exact) mass is 413 g/mol. The molecule has 28 heavy (non-hydrogen) atoms. The standard InChI is InChI=1S/C21H39N3O3S/c1-5-6-12-24-19(16-23(4)17-20-11-7-8-13-27-20)15-22-21(24)28(25,26)14-9-10-18(2)3/h15,18,20H,5-14,16-17H2,1-4H3. The van der Waals surface area contributed by atoms with Crippen molar-refractivity contribution in [2.24, 2.45) is 5.92 Å². The molecule has 1 aliphatic rings. The lowest BCUT2D eigenvalue weighted by atomic mass is 10.1. The maximum absolute atomic E-state index is 12.9. The number of rotatable bonds is 12. The van der Waals surface area contributed by atoms with Crippen molar-refractivity contribution in [3.05, 3.63) is 11.9 Å². The number of sulfone groups is 1. The highest BCUT2D eigenvalue weighted by molar-refractivity contribution is 7.91. The van der Waals surface area contributed by atoms with Crippen LogP contribution in [0, 0.1) is 5.92 Å². The molecule has 1 aromatic rings. The minimum absolute atomic E-state index is 0.180. The van der Waals surface area contributed by atoms with Gasteiger partial charge in [0.15, 0.2) is 0 Å². The summed E-state index contributed by atoms with van der Waals surface area (Å²) >= 11 is 0. The fourth-order valence-corrected chi connectivity index (χ4v) is 5.22. The van der Waals surface area contributed by atoms with Gasteiger partial charge in [-0.15, -0.1) is 0 Å². The van der Waals surface area contributed by atoms with Crippen LogP contribution in [0.5, 0.6) is 0 Å². The van der Waals surface area contributed by atoms with Gasteiger partial charge in [-0.25, -0.2) is 13.4 Å². The zero-order chi connectivity index (χ0) is 20.6. The Kier molecular flexibility index (Phi) is 9.44. The first kappa shape index (κ1) is 23.4. The van der Waals surface area contributed by atoms with Gasteiger partial charge in [0.25, 0.3) is 0 Å². The lowest BCUT2D eigenvalue weighted by Gasteiger charge is -2.27. The molecule has 1 fully saturated rings. The Morgan fingerprint density at radius 3 is 2.75 bits per heavy atom. The van der Waals surface area contributed by atoms with E-state index in [0.717, 1.165) is 50.9 Å². The molecule has 2 rings (SSSR count). The number of aromatic nitrogens is 2. The summed E-state index contributed by atoms with van der Waals surface area (Å²) in [4.78, 5) is 6.58. The van der Waals surface area contributed by atoms with Crippen molar-refractivity contribution in [1.82, 2.24) is 14.5 Å². The number of hydrogen-bond donors (Lipinski definition) is 0. The summed E-state index contributed by atoms with van der Waals surface area (Å²) in [5.41, 5.74) is 0.981. The topological polar surface area (TPSA) is 64.4 Å². The minimum atomic E-state index is -3.35. The van der Waals surface area contributed by atoms with Gasteiger partial charge >= 0.3 is 0 Å². The molecule has 0 N–H and O–H groups in total. The van der Waals surface area contributed by atoms with E-state index in [9.17, 15) is 8.42 Å².